The maximum atomic E-state index is 10.5. The molecule has 0 saturated heterocycles. The molecule has 2 aromatic carbocycles. The summed E-state index contributed by atoms with van der Waals surface area (Å²) >= 11 is 0. The third-order valence-electron chi connectivity index (χ3n) is 2.73. The summed E-state index contributed by atoms with van der Waals surface area (Å²) < 4.78 is 9.58. The lowest BCUT2D eigenvalue weighted by atomic mass is 10.1. The van der Waals surface area contributed by atoms with Gasteiger partial charge in [-0.1, -0.05) is 67.2 Å². The molecule has 0 aliphatic carbocycles. The third kappa shape index (κ3) is 6.86. The van der Waals surface area contributed by atoms with Crippen LogP contribution in [0.5, 0.6) is 0 Å². The molecule has 0 bridgehead atoms. The molecule has 0 spiro atoms. The van der Waals surface area contributed by atoms with Crippen molar-refractivity contribution in [3.05, 3.63) is 73.3 Å². The molecule has 0 aliphatic heterocycles. The molecule has 0 aromatic heterocycles. The largest absolute Gasteiger partial charge is 0.433 e. The SMILES string of the molecule is C=CC(=O)OC(C)OCC.c1ccc(-c2ccccc2)cc1. The molecule has 3 nitrogen and oxygen atoms in total. The second kappa shape index (κ2) is 10.4. The minimum absolute atomic E-state index is 0.457. The Morgan fingerprint density at radius 2 is 1.50 bits per heavy atom. The summed E-state index contributed by atoms with van der Waals surface area (Å²) in [7, 11) is 0. The Bertz CT molecular complexity index is 512. The minimum atomic E-state index is -0.476. The van der Waals surface area contributed by atoms with Gasteiger partial charge in [-0.05, 0) is 25.0 Å². The lowest BCUT2D eigenvalue weighted by molar-refractivity contribution is -0.167. The Balaban J connectivity index is 0.000000225. The van der Waals surface area contributed by atoms with E-state index < -0.39 is 12.3 Å². The Kier molecular flexibility index (Phi) is 8.31. The Morgan fingerprint density at radius 3 is 1.86 bits per heavy atom. The van der Waals surface area contributed by atoms with Gasteiger partial charge in [0, 0.05) is 12.7 Å². The Hall–Kier alpha value is -2.39. The van der Waals surface area contributed by atoms with Crippen molar-refractivity contribution >= 4 is 5.97 Å². The van der Waals surface area contributed by atoms with Gasteiger partial charge in [-0.3, -0.25) is 0 Å². The number of hydrogen-bond acceptors (Lipinski definition) is 3. The highest BCUT2D eigenvalue weighted by Gasteiger charge is 2.03. The summed E-state index contributed by atoms with van der Waals surface area (Å²) in [6.07, 6.45) is 0.630. The van der Waals surface area contributed by atoms with Crippen molar-refractivity contribution in [1.82, 2.24) is 0 Å². The van der Waals surface area contributed by atoms with Gasteiger partial charge in [0.05, 0.1) is 0 Å². The topological polar surface area (TPSA) is 35.5 Å². The number of esters is 1. The predicted molar refractivity (Wildman–Crippen MR) is 89.3 cm³/mol. The number of hydrogen-bond donors (Lipinski definition) is 0. The van der Waals surface area contributed by atoms with Crippen LogP contribution in [0.15, 0.2) is 73.3 Å². The van der Waals surface area contributed by atoms with Gasteiger partial charge in [0.1, 0.15) is 0 Å². The Labute approximate surface area is 132 Å². The van der Waals surface area contributed by atoms with Crippen molar-refractivity contribution < 1.29 is 14.3 Å². The molecule has 22 heavy (non-hydrogen) atoms. The van der Waals surface area contributed by atoms with Crippen molar-refractivity contribution in [3.63, 3.8) is 0 Å². The first kappa shape index (κ1) is 17.7. The minimum Gasteiger partial charge on any atom is -0.433 e. The van der Waals surface area contributed by atoms with Crippen molar-refractivity contribution in [1.29, 1.82) is 0 Å². The molecule has 1 atom stereocenters. The van der Waals surface area contributed by atoms with Crippen LogP contribution in [0.25, 0.3) is 11.1 Å². The van der Waals surface area contributed by atoms with Gasteiger partial charge in [0.15, 0.2) is 6.29 Å². The average Bonchev–Trinajstić information content (AvgIpc) is 2.57. The molecular formula is C19H22O3. The molecule has 0 N–H and O–H groups in total. The van der Waals surface area contributed by atoms with E-state index >= 15 is 0 Å². The van der Waals surface area contributed by atoms with Crippen molar-refractivity contribution in [2.75, 3.05) is 6.61 Å². The second-order valence-electron chi connectivity index (χ2n) is 4.40. The van der Waals surface area contributed by atoms with Crippen LogP contribution in [0.4, 0.5) is 0 Å². The fourth-order valence-corrected chi connectivity index (χ4v) is 1.74. The van der Waals surface area contributed by atoms with Crippen LogP contribution in [0.1, 0.15) is 13.8 Å². The molecule has 0 fully saturated rings. The lowest BCUT2D eigenvalue weighted by Gasteiger charge is -2.10. The molecule has 0 radical (unpaired) electrons. The molecule has 0 heterocycles. The molecule has 0 amide bonds. The highest BCUT2D eigenvalue weighted by Crippen LogP contribution is 2.17. The van der Waals surface area contributed by atoms with Gasteiger partial charge in [0.2, 0.25) is 0 Å². The normalized spacial score (nSPS) is 10.8. The zero-order valence-electron chi connectivity index (χ0n) is 13.1. The van der Waals surface area contributed by atoms with Gasteiger partial charge >= 0.3 is 5.97 Å². The summed E-state index contributed by atoms with van der Waals surface area (Å²) in [4.78, 5) is 10.5. The number of benzene rings is 2. The maximum absolute atomic E-state index is 10.5. The van der Waals surface area contributed by atoms with E-state index in [1.807, 2.05) is 19.1 Å². The van der Waals surface area contributed by atoms with Crippen LogP contribution in [0, 0.1) is 0 Å². The monoisotopic (exact) mass is 298 g/mol. The fraction of sp³-hybridized carbons (Fsp3) is 0.211. The highest BCUT2D eigenvalue weighted by atomic mass is 16.7. The summed E-state index contributed by atoms with van der Waals surface area (Å²) in [5.41, 5.74) is 2.55. The first-order valence-corrected chi connectivity index (χ1v) is 7.22. The molecule has 0 aliphatic rings. The van der Waals surface area contributed by atoms with Gasteiger partial charge < -0.3 is 9.47 Å². The predicted octanol–water partition coefficient (Wildman–Crippen LogP) is 4.45. The molecule has 3 heteroatoms. The van der Waals surface area contributed by atoms with Gasteiger partial charge in [-0.25, -0.2) is 4.79 Å². The second-order valence-corrected chi connectivity index (χ2v) is 4.40. The third-order valence-corrected chi connectivity index (χ3v) is 2.73. The van der Waals surface area contributed by atoms with Crippen LogP contribution in [-0.2, 0) is 14.3 Å². The van der Waals surface area contributed by atoms with Gasteiger partial charge in [0.25, 0.3) is 0 Å². The molecule has 2 rings (SSSR count). The maximum Gasteiger partial charge on any atom is 0.332 e. The Morgan fingerprint density at radius 1 is 1.05 bits per heavy atom. The van der Waals surface area contributed by atoms with Crippen LogP contribution >= 0.6 is 0 Å². The highest BCUT2D eigenvalue weighted by molar-refractivity contribution is 5.81. The number of ether oxygens (including phenoxy) is 2. The zero-order chi connectivity index (χ0) is 16.2. The molecule has 1 unspecified atom stereocenters. The number of rotatable bonds is 5. The molecule has 0 saturated carbocycles. The molecule has 116 valence electrons. The summed E-state index contributed by atoms with van der Waals surface area (Å²) in [6, 6.07) is 20.8. The van der Waals surface area contributed by atoms with Crippen LogP contribution in [-0.4, -0.2) is 18.9 Å². The zero-order valence-corrected chi connectivity index (χ0v) is 13.1. The first-order valence-electron chi connectivity index (χ1n) is 7.22. The fourth-order valence-electron chi connectivity index (χ4n) is 1.74. The van der Waals surface area contributed by atoms with E-state index in [0.717, 1.165) is 6.08 Å². The summed E-state index contributed by atoms with van der Waals surface area (Å²) in [5, 5.41) is 0. The van der Waals surface area contributed by atoms with E-state index in [0.29, 0.717) is 6.61 Å². The van der Waals surface area contributed by atoms with Crippen molar-refractivity contribution in [2.45, 2.75) is 20.1 Å². The van der Waals surface area contributed by atoms with E-state index in [1.54, 1.807) is 6.92 Å². The summed E-state index contributed by atoms with van der Waals surface area (Å²) in [6.45, 7) is 7.27. The van der Waals surface area contributed by atoms with Gasteiger partial charge in [-0.2, -0.15) is 0 Å². The quantitative estimate of drug-likeness (QED) is 0.465. The standard InChI is InChI=1S/C12H10.C7H12O3/c1-3-7-11(8-4-1)12-9-5-2-6-10-12;1-4-7(8)10-6(3)9-5-2/h1-10H;4,6H,1,5H2,2-3H3. The number of carbonyl (C=O) groups is 1. The smallest absolute Gasteiger partial charge is 0.332 e. The van der Waals surface area contributed by atoms with E-state index in [2.05, 4.69) is 59.8 Å². The van der Waals surface area contributed by atoms with Crippen LogP contribution < -0.4 is 0 Å². The van der Waals surface area contributed by atoms with Crippen molar-refractivity contribution in [2.24, 2.45) is 0 Å². The number of carbonyl (C=O) groups excluding carboxylic acids is 1. The van der Waals surface area contributed by atoms with Crippen LogP contribution in [0.3, 0.4) is 0 Å². The lowest BCUT2D eigenvalue weighted by Crippen LogP contribution is -2.16. The first-order chi connectivity index (χ1) is 10.7. The summed E-state index contributed by atoms with van der Waals surface area (Å²) in [5.74, 6) is -0.457. The van der Waals surface area contributed by atoms with E-state index in [4.69, 9.17) is 4.74 Å². The van der Waals surface area contributed by atoms with E-state index in [1.165, 1.54) is 11.1 Å². The van der Waals surface area contributed by atoms with Gasteiger partial charge in [-0.15, -0.1) is 0 Å². The van der Waals surface area contributed by atoms with Crippen LogP contribution in [0.2, 0.25) is 0 Å². The van der Waals surface area contributed by atoms with E-state index in [9.17, 15) is 4.79 Å². The molecular weight excluding hydrogens is 276 g/mol. The molecule has 2 aromatic rings. The van der Waals surface area contributed by atoms with Crippen molar-refractivity contribution in [3.8, 4) is 11.1 Å². The van der Waals surface area contributed by atoms with E-state index in [-0.39, 0.29) is 0 Å². The average molecular weight is 298 g/mol.